The molecule has 29 heavy (non-hydrogen) atoms. The number of thiazole rings is 1. The Balaban J connectivity index is 1.54. The highest BCUT2D eigenvalue weighted by atomic mass is 32.1. The highest BCUT2D eigenvalue weighted by Gasteiger charge is 2.26. The lowest BCUT2D eigenvalue weighted by molar-refractivity contribution is 0.0227. The third-order valence-corrected chi connectivity index (χ3v) is 5.93. The second kappa shape index (κ2) is 9.35. The van der Waals surface area contributed by atoms with E-state index in [1.165, 1.54) is 11.3 Å². The molecule has 7 heteroatoms. The largest absolute Gasteiger partial charge is 0.462 e. The second-order valence-corrected chi connectivity index (χ2v) is 8.05. The molecule has 3 heterocycles. The van der Waals surface area contributed by atoms with Crippen molar-refractivity contribution in [3.05, 3.63) is 65.4 Å². The predicted octanol–water partition coefficient (Wildman–Crippen LogP) is 3.77. The Morgan fingerprint density at radius 1 is 1.21 bits per heavy atom. The van der Waals surface area contributed by atoms with E-state index in [9.17, 15) is 4.79 Å². The van der Waals surface area contributed by atoms with Gasteiger partial charge in [-0.3, -0.25) is 9.69 Å². The van der Waals surface area contributed by atoms with E-state index >= 15 is 0 Å². The van der Waals surface area contributed by atoms with Crippen molar-refractivity contribution in [2.24, 2.45) is 0 Å². The standard InChI is InChI=1S/C22H25N3O3S/c1-17(14-24-9-12-27-13-10-24)25(15-18-6-3-2-4-7-18)22(26)19-16-29-21(23-19)20-8-5-11-28-20/h2-8,11,16-17H,9-10,12-15H2,1H3. The molecule has 4 rings (SSSR count). The van der Waals surface area contributed by atoms with Crippen molar-refractivity contribution in [2.45, 2.75) is 19.5 Å². The topological polar surface area (TPSA) is 58.8 Å². The molecule has 2 aromatic heterocycles. The SMILES string of the molecule is CC(CN1CCOCC1)N(Cc1ccccc1)C(=O)c1csc(-c2ccco2)n1. The van der Waals surface area contributed by atoms with Crippen LogP contribution < -0.4 is 0 Å². The Kier molecular flexibility index (Phi) is 6.39. The third kappa shape index (κ3) is 4.93. The van der Waals surface area contributed by atoms with Crippen molar-refractivity contribution in [3.63, 3.8) is 0 Å². The molecule has 152 valence electrons. The number of hydrogen-bond acceptors (Lipinski definition) is 6. The van der Waals surface area contributed by atoms with Crippen LogP contribution in [0.25, 0.3) is 10.8 Å². The Morgan fingerprint density at radius 3 is 2.72 bits per heavy atom. The van der Waals surface area contributed by atoms with Crippen LogP contribution in [0.15, 0.2) is 58.5 Å². The van der Waals surface area contributed by atoms with Crippen LogP contribution in [-0.4, -0.2) is 59.6 Å². The lowest BCUT2D eigenvalue weighted by Gasteiger charge is -2.35. The molecule has 1 atom stereocenters. The summed E-state index contributed by atoms with van der Waals surface area (Å²) in [5, 5.41) is 2.54. The van der Waals surface area contributed by atoms with Crippen molar-refractivity contribution >= 4 is 17.2 Å². The number of morpholine rings is 1. The van der Waals surface area contributed by atoms with Gasteiger partial charge in [0.2, 0.25) is 0 Å². The van der Waals surface area contributed by atoms with Crippen molar-refractivity contribution in [1.82, 2.24) is 14.8 Å². The van der Waals surface area contributed by atoms with Gasteiger partial charge in [-0.1, -0.05) is 30.3 Å². The van der Waals surface area contributed by atoms with Crippen LogP contribution in [0, 0.1) is 0 Å². The monoisotopic (exact) mass is 411 g/mol. The lowest BCUT2D eigenvalue weighted by Crippen LogP contribution is -2.48. The summed E-state index contributed by atoms with van der Waals surface area (Å²) in [6.45, 7) is 6.77. The first-order chi connectivity index (χ1) is 14.2. The number of ether oxygens (including phenoxy) is 1. The Hall–Kier alpha value is -2.48. The minimum atomic E-state index is -0.0522. The van der Waals surface area contributed by atoms with E-state index in [0.29, 0.717) is 18.0 Å². The van der Waals surface area contributed by atoms with Gasteiger partial charge in [-0.15, -0.1) is 11.3 Å². The average Bonchev–Trinajstić information content (AvgIpc) is 3.45. The molecule has 1 unspecified atom stereocenters. The van der Waals surface area contributed by atoms with E-state index in [4.69, 9.17) is 9.15 Å². The molecule has 1 fully saturated rings. The van der Waals surface area contributed by atoms with Gasteiger partial charge >= 0.3 is 0 Å². The van der Waals surface area contributed by atoms with Crippen LogP contribution >= 0.6 is 11.3 Å². The number of hydrogen-bond donors (Lipinski definition) is 0. The van der Waals surface area contributed by atoms with Gasteiger partial charge in [0.1, 0.15) is 5.69 Å². The Bertz CT molecular complexity index is 905. The maximum atomic E-state index is 13.4. The summed E-state index contributed by atoms with van der Waals surface area (Å²) < 4.78 is 10.9. The fraction of sp³-hybridized carbons (Fsp3) is 0.364. The molecule has 1 amide bonds. The fourth-order valence-electron chi connectivity index (χ4n) is 3.50. The first kappa shape index (κ1) is 19.8. The summed E-state index contributed by atoms with van der Waals surface area (Å²) in [7, 11) is 0. The van der Waals surface area contributed by atoms with Crippen LogP contribution in [0.4, 0.5) is 0 Å². The summed E-state index contributed by atoms with van der Waals surface area (Å²) in [6, 6.07) is 13.8. The van der Waals surface area contributed by atoms with Crippen molar-refractivity contribution in [3.8, 4) is 10.8 Å². The molecule has 0 bridgehead atoms. The zero-order chi connectivity index (χ0) is 20.1. The maximum Gasteiger partial charge on any atom is 0.273 e. The van der Waals surface area contributed by atoms with Crippen molar-refractivity contribution < 1.29 is 13.9 Å². The van der Waals surface area contributed by atoms with Gasteiger partial charge in [-0.25, -0.2) is 4.98 Å². The van der Waals surface area contributed by atoms with Gasteiger partial charge < -0.3 is 14.1 Å². The van der Waals surface area contributed by atoms with Crippen LogP contribution in [-0.2, 0) is 11.3 Å². The molecule has 6 nitrogen and oxygen atoms in total. The quantitative estimate of drug-likeness (QED) is 0.592. The van der Waals surface area contributed by atoms with Crippen LogP contribution in [0.2, 0.25) is 0 Å². The molecule has 1 aliphatic heterocycles. The van der Waals surface area contributed by atoms with Gasteiger partial charge in [0, 0.05) is 37.6 Å². The fourth-order valence-corrected chi connectivity index (χ4v) is 4.26. The van der Waals surface area contributed by atoms with Crippen molar-refractivity contribution in [2.75, 3.05) is 32.8 Å². The molecule has 0 aliphatic carbocycles. The zero-order valence-electron chi connectivity index (χ0n) is 16.5. The number of nitrogens with zero attached hydrogens (tertiary/aromatic N) is 3. The first-order valence-corrected chi connectivity index (χ1v) is 10.7. The molecule has 0 N–H and O–H groups in total. The maximum absolute atomic E-state index is 13.4. The molecule has 1 saturated heterocycles. The van der Waals surface area contributed by atoms with Gasteiger partial charge in [-0.2, -0.15) is 0 Å². The smallest absolute Gasteiger partial charge is 0.273 e. The summed E-state index contributed by atoms with van der Waals surface area (Å²) in [5.41, 5.74) is 1.57. The van der Waals surface area contributed by atoms with E-state index in [1.807, 2.05) is 40.6 Å². The molecular weight excluding hydrogens is 386 g/mol. The molecule has 0 spiro atoms. The van der Waals surface area contributed by atoms with Gasteiger partial charge in [-0.05, 0) is 24.6 Å². The predicted molar refractivity (Wildman–Crippen MR) is 113 cm³/mol. The average molecular weight is 412 g/mol. The van der Waals surface area contributed by atoms with E-state index < -0.39 is 0 Å². The normalized spacial score (nSPS) is 15.9. The molecular formula is C22H25N3O3S. The highest BCUT2D eigenvalue weighted by Crippen LogP contribution is 2.25. The first-order valence-electron chi connectivity index (χ1n) is 9.85. The van der Waals surface area contributed by atoms with E-state index in [2.05, 4.69) is 28.9 Å². The molecule has 0 radical (unpaired) electrons. The van der Waals surface area contributed by atoms with Gasteiger partial charge in [0.05, 0.1) is 19.5 Å². The Morgan fingerprint density at radius 2 is 2.00 bits per heavy atom. The number of carbonyl (C=O) groups is 1. The van der Waals surface area contributed by atoms with Crippen LogP contribution in [0.5, 0.6) is 0 Å². The highest BCUT2D eigenvalue weighted by molar-refractivity contribution is 7.13. The number of furan rings is 1. The summed E-state index contributed by atoms with van der Waals surface area (Å²) in [5.74, 6) is 0.633. The van der Waals surface area contributed by atoms with E-state index in [1.54, 1.807) is 6.26 Å². The van der Waals surface area contributed by atoms with Crippen molar-refractivity contribution in [1.29, 1.82) is 0 Å². The third-order valence-electron chi connectivity index (χ3n) is 5.07. The minimum absolute atomic E-state index is 0.0505. The molecule has 1 aromatic carbocycles. The number of rotatable bonds is 7. The molecule has 1 aliphatic rings. The van der Waals surface area contributed by atoms with E-state index in [-0.39, 0.29) is 11.9 Å². The van der Waals surface area contributed by atoms with E-state index in [0.717, 1.165) is 43.4 Å². The van der Waals surface area contributed by atoms with Gasteiger partial charge in [0.25, 0.3) is 5.91 Å². The van der Waals surface area contributed by atoms with Crippen LogP contribution in [0.3, 0.4) is 0 Å². The number of benzene rings is 1. The number of amides is 1. The minimum Gasteiger partial charge on any atom is -0.462 e. The molecule has 3 aromatic rings. The van der Waals surface area contributed by atoms with Crippen LogP contribution in [0.1, 0.15) is 23.0 Å². The summed E-state index contributed by atoms with van der Waals surface area (Å²) >= 11 is 1.43. The number of carbonyl (C=O) groups excluding carboxylic acids is 1. The molecule has 0 saturated carbocycles. The second-order valence-electron chi connectivity index (χ2n) is 7.20. The summed E-state index contributed by atoms with van der Waals surface area (Å²) in [6.07, 6.45) is 1.62. The zero-order valence-corrected chi connectivity index (χ0v) is 17.3. The lowest BCUT2D eigenvalue weighted by atomic mass is 10.1. The Labute approximate surface area is 174 Å². The summed E-state index contributed by atoms with van der Waals surface area (Å²) in [4.78, 5) is 22.2. The number of aromatic nitrogens is 1. The van der Waals surface area contributed by atoms with Gasteiger partial charge in [0.15, 0.2) is 10.8 Å².